The molecule has 0 aromatic rings. The molecule has 0 saturated heterocycles. The summed E-state index contributed by atoms with van der Waals surface area (Å²) >= 11 is 0. The van der Waals surface area contributed by atoms with E-state index in [4.69, 9.17) is 24.0 Å². The third-order valence-electron chi connectivity index (χ3n) is 6.08. The molecular formula is C27H48O8. The molecule has 0 aromatic carbocycles. The number of carbonyl (C=O) groups is 3. The number of carbonyl (C=O) groups excluding carboxylic acids is 3. The van der Waals surface area contributed by atoms with Crippen molar-refractivity contribution in [1.29, 1.82) is 0 Å². The number of hydrogen-bond acceptors (Lipinski definition) is 8. The van der Waals surface area contributed by atoms with E-state index < -0.39 is 40.1 Å². The molecule has 0 N–H and O–H groups in total. The lowest BCUT2D eigenvalue weighted by Crippen LogP contribution is -2.48. The third-order valence-corrected chi connectivity index (χ3v) is 6.08. The Morgan fingerprint density at radius 1 is 0.771 bits per heavy atom. The summed E-state index contributed by atoms with van der Waals surface area (Å²) in [7, 11) is 0. The SMILES string of the molecule is C=C(CC(CCC(=O)OC(C)C)(C(=O)OC(C)(C)CC)C(=O)OC(C)(C)CC)OOC(C)(C)CC. The molecule has 8 heteroatoms. The van der Waals surface area contributed by atoms with E-state index in [0.29, 0.717) is 19.3 Å². The second-order valence-corrected chi connectivity index (χ2v) is 11.1. The zero-order chi connectivity index (χ0) is 27.7. The largest absolute Gasteiger partial charge is 0.463 e. The maximum absolute atomic E-state index is 13.7. The molecule has 0 aliphatic heterocycles. The minimum Gasteiger partial charge on any atom is -0.463 e. The summed E-state index contributed by atoms with van der Waals surface area (Å²) in [5, 5.41) is 0. The number of rotatable bonds is 16. The van der Waals surface area contributed by atoms with Crippen LogP contribution < -0.4 is 0 Å². The highest BCUT2D eigenvalue weighted by atomic mass is 17.2. The molecule has 0 aliphatic rings. The fraction of sp³-hybridized carbons (Fsp3) is 0.815. The third kappa shape index (κ3) is 11.5. The molecule has 35 heavy (non-hydrogen) atoms. The lowest BCUT2D eigenvalue weighted by Gasteiger charge is -2.36. The summed E-state index contributed by atoms with van der Waals surface area (Å²) in [6.45, 7) is 23.7. The van der Waals surface area contributed by atoms with Crippen molar-refractivity contribution in [2.45, 2.75) is 138 Å². The number of allylic oxidation sites excluding steroid dienone is 1. The van der Waals surface area contributed by atoms with Gasteiger partial charge in [-0.15, -0.1) is 0 Å². The molecule has 0 aromatic heterocycles. The number of ether oxygens (including phenoxy) is 3. The fourth-order valence-electron chi connectivity index (χ4n) is 2.60. The molecule has 204 valence electrons. The van der Waals surface area contributed by atoms with Crippen LogP contribution in [-0.2, 0) is 38.4 Å². The molecule has 0 heterocycles. The Morgan fingerprint density at radius 3 is 1.57 bits per heavy atom. The van der Waals surface area contributed by atoms with E-state index in [9.17, 15) is 14.4 Å². The summed E-state index contributed by atoms with van der Waals surface area (Å²) < 4.78 is 16.8. The Bertz CT molecular complexity index is 703. The van der Waals surface area contributed by atoms with Gasteiger partial charge in [0.2, 0.25) is 0 Å². The maximum atomic E-state index is 13.7. The highest BCUT2D eigenvalue weighted by Gasteiger charge is 2.52. The quantitative estimate of drug-likeness (QED) is 0.0616. The van der Waals surface area contributed by atoms with Crippen LogP contribution in [0.15, 0.2) is 12.3 Å². The maximum Gasteiger partial charge on any atom is 0.324 e. The van der Waals surface area contributed by atoms with Gasteiger partial charge in [-0.2, -0.15) is 4.89 Å². The van der Waals surface area contributed by atoms with Gasteiger partial charge in [-0.25, -0.2) is 0 Å². The summed E-state index contributed by atoms with van der Waals surface area (Å²) in [5.41, 5.74) is -4.18. The molecule has 0 spiro atoms. The molecule has 0 aliphatic carbocycles. The van der Waals surface area contributed by atoms with E-state index in [2.05, 4.69) is 6.58 Å². The molecule has 0 bridgehead atoms. The zero-order valence-electron chi connectivity index (χ0n) is 23.8. The summed E-state index contributed by atoms with van der Waals surface area (Å²) in [6.07, 6.45) is 0.684. The van der Waals surface area contributed by atoms with Crippen molar-refractivity contribution in [3.8, 4) is 0 Å². The lowest BCUT2D eigenvalue weighted by atomic mass is 9.78. The van der Waals surface area contributed by atoms with Crippen molar-refractivity contribution < 1.29 is 38.4 Å². The lowest BCUT2D eigenvalue weighted by molar-refractivity contribution is -0.329. The van der Waals surface area contributed by atoms with Gasteiger partial charge in [0.15, 0.2) is 5.41 Å². The summed E-state index contributed by atoms with van der Waals surface area (Å²) in [4.78, 5) is 50.6. The van der Waals surface area contributed by atoms with E-state index >= 15 is 0 Å². The van der Waals surface area contributed by atoms with Crippen LogP contribution in [0.2, 0.25) is 0 Å². The number of esters is 3. The van der Waals surface area contributed by atoms with Crippen molar-refractivity contribution >= 4 is 17.9 Å². The normalized spacial score (nSPS) is 12.8. The average molecular weight is 501 g/mol. The minimum atomic E-state index is -1.88. The first-order valence-corrected chi connectivity index (χ1v) is 12.5. The van der Waals surface area contributed by atoms with Crippen molar-refractivity contribution in [3.05, 3.63) is 12.3 Å². The van der Waals surface area contributed by atoms with E-state index in [1.54, 1.807) is 41.5 Å². The van der Waals surface area contributed by atoms with Gasteiger partial charge < -0.3 is 19.1 Å². The Balaban J connectivity index is 6.35. The molecule has 0 atom stereocenters. The summed E-state index contributed by atoms with van der Waals surface area (Å²) in [5.74, 6) is -2.11. The van der Waals surface area contributed by atoms with Crippen LogP contribution in [0.3, 0.4) is 0 Å². The first-order chi connectivity index (χ1) is 15.8. The second kappa shape index (κ2) is 13.3. The van der Waals surface area contributed by atoms with Gasteiger partial charge >= 0.3 is 17.9 Å². The predicted octanol–water partition coefficient (Wildman–Crippen LogP) is 6.21. The first-order valence-electron chi connectivity index (χ1n) is 12.5. The van der Waals surface area contributed by atoms with Crippen LogP contribution in [-0.4, -0.2) is 40.8 Å². The Hall–Kier alpha value is -2.09. The highest BCUT2D eigenvalue weighted by molar-refractivity contribution is 6.01. The number of hydrogen-bond donors (Lipinski definition) is 0. The topological polar surface area (TPSA) is 97.4 Å². The van der Waals surface area contributed by atoms with Crippen molar-refractivity contribution in [3.63, 3.8) is 0 Å². The van der Waals surface area contributed by atoms with Crippen LogP contribution in [0.1, 0.15) is 115 Å². The van der Waals surface area contributed by atoms with Crippen molar-refractivity contribution in [2.24, 2.45) is 5.41 Å². The van der Waals surface area contributed by atoms with Gasteiger partial charge in [-0.05, 0) is 81.1 Å². The van der Waals surface area contributed by atoms with Gasteiger partial charge in [-0.1, -0.05) is 27.4 Å². The van der Waals surface area contributed by atoms with Crippen molar-refractivity contribution in [2.75, 3.05) is 0 Å². The van der Waals surface area contributed by atoms with E-state index in [0.717, 1.165) is 0 Å². The molecule has 0 rings (SSSR count). The smallest absolute Gasteiger partial charge is 0.324 e. The van der Waals surface area contributed by atoms with Crippen LogP contribution in [0, 0.1) is 5.41 Å². The van der Waals surface area contributed by atoms with Gasteiger partial charge in [0.05, 0.1) is 6.10 Å². The Morgan fingerprint density at radius 2 is 1.20 bits per heavy atom. The van der Waals surface area contributed by atoms with E-state index in [1.807, 2.05) is 34.6 Å². The van der Waals surface area contributed by atoms with Gasteiger partial charge in [0.1, 0.15) is 22.6 Å². The molecule has 0 unspecified atom stereocenters. The summed E-state index contributed by atoms with van der Waals surface area (Å²) in [6, 6.07) is 0. The predicted molar refractivity (Wildman–Crippen MR) is 134 cm³/mol. The zero-order valence-corrected chi connectivity index (χ0v) is 23.8. The van der Waals surface area contributed by atoms with Crippen LogP contribution in [0.4, 0.5) is 0 Å². The standard InChI is InChI=1S/C27H48O8/c1-13-24(7,8)32-22(29)27(17-16-21(28)31-19(4)5,23(30)33-25(9,10)14-2)18-20(6)34-35-26(11,12)15-3/h19H,6,13-18H2,1-5,7-12H3. The molecular weight excluding hydrogens is 452 g/mol. The van der Waals surface area contributed by atoms with Gasteiger partial charge in [-0.3, -0.25) is 14.4 Å². The molecule has 8 nitrogen and oxygen atoms in total. The van der Waals surface area contributed by atoms with Gasteiger partial charge in [0.25, 0.3) is 0 Å². The molecule has 0 fully saturated rings. The Kier molecular flexibility index (Phi) is 12.5. The monoisotopic (exact) mass is 500 g/mol. The van der Waals surface area contributed by atoms with E-state index in [-0.39, 0.29) is 31.1 Å². The van der Waals surface area contributed by atoms with Crippen LogP contribution in [0.5, 0.6) is 0 Å². The minimum absolute atomic E-state index is 0.0428. The average Bonchev–Trinajstić information content (AvgIpc) is 2.74. The Labute approximate surface area is 212 Å². The first kappa shape index (κ1) is 32.9. The molecule has 0 saturated carbocycles. The van der Waals surface area contributed by atoms with Crippen molar-refractivity contribution in [1.82, 2.24) is 0 Å². The van der Waals surface area contributed by atoms with Crippen LogP contribution >= 0.6 is 0 Å². The second-order valence-electron chi connectivity index (χ2n) is 11.1. The van der Waals surface area contributed by atoms with Crippen LogP contribution in [0.25, 0.3) is 0 Å². The van der Waals surface area contributed by atoms with E-state index in [1.165, 1.54) is 0 Å². The molecule has 0 radical (unpaired) electrons. The fourth-order valence-corrected chi connectivity index (χ4v) is 2.60. The van der Waals surface area contributed by atoms with Gasteiger partial charge in [0, 0.05) is 12.8 Å². The molecule has 0 amide bonds. The highest BCUT2D eigenvalue weighted by Crippen LogP contribution is 2.39.